The molecular formula is C18H21NO4. The first kappa shape index (κ1) is 15.5. The number of carbonyl (C=O) groups excluding carboxylic acids is 1. The summed E-state index contributed by atoms with van der Waals surface area (Å²) in [4.78, 5) is 14.2. The summed E-state index contributed by atoms with van der Waals surface area (Å²) in [6.07, 6.45) is 2.54. The normalized spacial score (nSPS) is 16.1. The van der Waals surface area contributed by atoms with Crippen LogP contribution in [0, 0.1) is 0 Å². The van der Waals surface area contributed by atoms with Crippen molar-refractivity contribution in [1.82, 2.24) is 4.90 Å². The molecule has 0 saturated carbocycles. The molecule has 5 nitrogen and oxygen atoms in total. The van der Waals surface area contributed by atoms with Crippen LogP contribution in [0.2, 0.25) is 0 Å². The van der Waals surface area contributed by atoms with Crippen LogP contribution in [0.4, 0.5) is 0 Å². The third kappa shape index (κ3) is 3.86. The van der Waals surface area contributed by atoms with E-state index in [0.717, 1.165) is 17.3 Å². The van der Waals surface area contributed by atoms with E-state index in [0.29, 0.717) is 32.5 Å². The average Bonchev–Trinajstić information content (AvgIpc) is 3.11. The zero-order chi connectivity index (χ0) is 16.1. The quantitative estimate of drug-likeness (QED) is 0.822. The van der Waals surface area contributed by atoms with E-state index >= 15 is 0 Å². The zero-order valence-electron chi connectivity index (χ0n) is 13.2. The summed E-state index contributed by atoms with van der Waals surface area (Å²) in [5.41, 5.74) is 0. The number of furan rings is 1. The van der Waals surface area contributed by atoms with Gasteiger partial charge in [0.2, 0.25) is 5.91 Å². The van der Waals surface area contributed by atoms with Crippen LogP contribution in [0.1, 0.15) is 19.1 Å². The second kappa shape index (κ2) is 7.22. The van der Waals surface area contributed by atoms with Crippen LogP contribution in [0.15, 0.2) is 47.1 Å². The number of carbonyl (C=O) groups is 1. The molecule has 1 aliphatic heterocycles. The molecule has 1 amide bonds. The number of fused-ring (bicyclic) bond motifs is 1. The fourth-order valence-electron chi connectivity index (χ4n) is 2.65. The average molecular weight is 315 g/mol. The molecule has 0 unspecified atom stereocenters. The van der Waals surface area contributed by atoms with Crippen molar-refractivity contribution < 1.29 is 18.7 Å². The van der Waals surface area contributed by atoms with Crippen molar-refractivity contribution >= 4 is 5.91 Å². The van der Waals surface area contributed by atoms with Gasteiger partial charge in [-0.05, 0) is 31.2 Å². The maximum absolute atomic E-state index is 12.4. The van der Waals surface area contributed by atoms with Gasteiger partial charge in [0, 0.05) is 19.4 Å². The Kier molecular flexibility index (Phi) is 4.86. The Morgan fingerprint density at radius 1 is 1.22 bits per heavy atom. The minimum absolute atomic E-state index is 0.103. The minimum Gasteiger partial charge on any atom is -0.486 e. The Morgan fingerprint density at radius 3 is 2.78 bits per heavy atom. The van der Waals surface area contributed by atoms with Gasteiger partial charge in [0.1, 0.15) is 12.4 Å². The summed E-state index contributed by atoms with van der Waals surface area (Å²) in [6, 6.07) is 11.3. The molecule has 1 atom stereocenters. The van der Waals surface area contributed by atoms with E-state index in [9.17, 15) is 4.79 Å². The lowest BCUT2D eigenvalue weighted by atomic mass is 10.2. The molecule has 1 aromatic heterocycles. The van der Waals surface area contributed by atoms with E-state index in [4.69, 9.17) is 13.9 Å². The second-order valence-corrected chi connectivity index (χ2v) is 5.51. The number of hydrogen-bond acceptors (Lipinski definition) is 4. The summed E-state index contributed by atoms with van der Waals surface area (Å²) < 4.78 is 16.9. The second-order valence-electron chi connectivity index (χ2n) is 5.51. The fraction of sp³-hybridized carbons (Fsp3) is 0.389. The molecule has 0 bridgehead atoms. The fourth-order valence-corrected chi connectivity index (χ4v) is 2.65. The van der Waals surface area contributed by atoms with Gasteiger partial charge < -0.3 is 18.8 Å². The Morgan fingerprint density at radius 2 is 2.04 bits per heavy atom. The van der Waals surface area contributed by atoms with Crippen LogP contribution in [0.3, 0.4) is 0 Å². The molecule has 3 rings (SSSR count). The van der Waals surface area contributed by atoms with Gasteiger partial charge in [0.15, 0.2) is 17.6 Å². The van der Waals surface area contributed by atoms with Gasteiger partial charge in [-0.3, -0.25) is 4.79 Å². The van der Waals surface area contributed by atoms with Crippen molar-refractivity contribution in [3.8, 4) is 11.5 Å². The Hall–Kier alpha value is -2.43. The van der Waals surface area contributed by atoms with E-state index in [1.165, 1.54) is 0 Å². The summed E-state index contributed by atoms with van der Waals surface area (Å²) in [5.74, 6) is 2.44. The minimum atomic E-state index is -0.141. The van der Waals surface area contributed by atoms with Crippen LogP contribution in [-0.4, -0.2) is 36.6 Å². The molecular weight excluding hydrogens is 294 g/mol. The van der Waals surface area contributed by atoms with Crippen molar-refractivity contribution in [1.29, 1.82) is 0 Å². The lowest BCUT2D eigenvalue weighted by Crippen LogP contribution is -2.43. The number of rotatable bonds is 6. The first-order valence-corrected chi connectivity index (χ1v) is 7.95. The third-order valence-corrected chi connectivity index (χ3v) is 3.89. The predicted molar refractivity (Wildman–Crippen MR) is 85.6 cm³/mol. The van der Waals surface area contributed by atoms with Crippen molar-refractivity contribution in [2.75, 3.05) is 19.7 Å². The Balaban J connectivity index is 1.54. The standard InChI is InChI=1S/C18H21NO4/c1-2-19(18(20)10-9-14-6-5-11-21-14)12-15-13-22-16-7-3-4-8-17(16)23-15/h3-8,11,15H,2,9-10,12-13H2,1H3/t15-/m0/s1. The Bertz CT molecular complexity index is 638. The summed E-state index contributed by atoms with van der Waals surface area (Å²) in [7, 11) is 0. The number of likely N-dealkylation sites (N-methyl/N-ethyl adjacent to an activating group) is 1. The third-order valence-electron chi connectivity index (χ3n) is 3.89. The van der Waals surface area contributed by atoms with E-state index < -0.39 is 0 Å². The monoisotopic (exact) mass is 315 g/mol. The highest BCUT2D eigenvalue weighted by Crippen LogP contribution is 2.31. The van der Waals surface area contributed by atoms with Gasteiger partial charge in [0.25, 0.3) is 0 Å². The summed E-state index contributed by atoms with van der Waals surface area (Å²) in [6.45, 7) is 3.61. The van der Waals surface area contributed by atoms with E-state index in [1.807, 2.05) is 48.2 Å². The van der Waals surface area contributed by atoms with Gasteiger partial charge in [-0.15, -0.1) is 0 Å². The van der Waals surface area contributed by atoms with E-state index in [-0.39, 0.29) is 12.0 Å². The molecule has 0 saturated heterocycles. The molecule has 122 valence electrons. The van der Waals surface area contributed by atoms with Gasteiger partial charge in [-0.2, -0.15) is 0 Å². The van der Waals surface area contributed by atoms with Crippen molar-refractivity contribution in [3.05, 3.63) is 48.4 Å². The maximum Gasteiger partial charge on any atom is 0.223 e. The number of aryl methyl sites for hydroxylation is 1. The van der Waals surface area contributed by atoms with Crippen LogP contribution < -0.4 is 9.47 Å². The van der Waals surface area contributed by atoms with Gasteiger partial charge >= 0.3 is 0 Å². The highest BCUT2D eigenvalue weighted by atomic mass is 16.6. The first-order chi connectivity index (χ1) is 11.3. The number of ether oxygens (including phenoxy) is 2. The molecule has 0 fully saturated rings. The lowest BCUT2D eigenvalue weighted by Gasteiger charge is -2.31. The molecule has 2 aromatic rings. The largest absolute Gasteiger partial charge is 0.486 e. The summed E-state index contributed by atoms with van der Waals surface area (Å²) >= 11 is 0. The number of benzene rings is 1. The molecule has 1 aliphatic rings. The summed E-state index contributed by atoms with van der Waals surface area (Å²) in [5, 5.41) is 0. The number of hydrogen-bond donors (Lipinski definition) is 0. The number of nitrogens with zero attached hydrogens (tertiary/aromatic N) is 1. The smallest absolute Gasteiger partial charge is 0.223 e. The topological polar surface area (TPSA) is 51.9 Å². The van der Waals surface area contributed by atoms with Crippen LogP contribution in [0.25, 0.3) is 0 Å². The molecule has 23 heavy (non-hydrogen) atoms. The molecule has 1 aromatic carbocycles. The molecule has 5 heteroatoms. The highest BCUT2D eigenvalue weighted by Gasteiger charge is 2.24. The first-order valence-electron chi connectivity index (χ1n) is 7.95. The van der Waals surface area contributed by atoms with Gasteiger partial charge in [0.05, 0.1) is 12.8 Å². The number of para-hydroxylation sites is 2. The molecule has 0 radical (unpaired) electrons. The zero-order valence-corrected chi connectivity index (χ0v) is 13.2. The van der Waals surface area contributed by atoms with E-state index in [2.05, 4.69) is 0 Å². The SMILES string of the molecule is CCN(C[C@H]1COc2ccccc2O1)C(=O)CCc1ccco1. The van der Waals surface area contributed by atoms with E-state index in [1.54, 1.807) is 6.26 Å². The molecule has 2 heterocycles. The van der Waals surface area contributed by atoms with Crippen LogP contribution >= 0.6 is 0 Å². The van der Waals surface area contributed by atoms with Crippen LogP contribution in [0.5, 0.6) is 11.5 Å². The maximum atomic E-state index is 12.4. The van der Waals surface area contributed by atoms with Gasteiger partial charge in [-0.25, -0.2) is 0 Å². The lowest BCUT2D eigenvalue weighted by molar-refractivity contribution is -0.132. The molecule has 0 N–H and O–H groups in total. The van der Waals surface area contributed by atoms with Gasteiger partial charge in [-0.1, -0.05) is 12.1 Å². The van der Waals surface area contributed by atoms with Crippen molar-refractivity contribution in [3.63, 3.8) is 0 Å². The molecule has 0 aliphatic carbocycles. The van der Waals surface area contributed by atoms with Crippen molar-refractivity contribution in [2.24, 2.45) is 0 Å². The van der Waals surface area contributed by atoms with Crippen molar-refractivity contribution in [2.45, 2.75) is 25.9 Å². The predicted octanol–water partition coefficient (Wildman–Crippen LogP) is 2.90. The number of amides is 1. The highest BCUT2D eigenvalue weighted by molar-refractivity contribution is 5.76. The Labute approximate surface area is 135 Å². The van der Waals surface area contributed by atoms with Crippen LogP contribution in [-0.2, 0) is 11.2 Å². The molecule has 0 spiro atoms.